The average Bonchev–Trinajstić information content (AvgIpc) is 3.56. The summed E-state index contributed by atoms with van der Waals surface area (Å²) in [4.78, 5) is 74.9. The second-order valence-corrected chi connectivity index (χ2v) is 14.0. The van der Waals surface area contributed by atoms with E-state index in [1.54, 1.807) is 48.5 Å². The number of phosphoric acid groups is 3. The fourth-order valence-electron chi connectivity index (χ4n) is 4.34. The number of hydrogen-bond donors (Lipinski definition) is 6. The number of nitrogens with zero attached hydrogens (tertiary/aromatic N) is 4. The van der Waals surface area contributed by atoms with Gasteiger partial charge in [0.1, 0.15) is 18.5 Å². The minimum absolute atomic E-state index is 0.00295. The topological polar surface area (TPSA) is 288 Å². The van der Waals surface area contributed by atoms with Gasteiger partial charge in [-0.3, -0.25) is 13.9 Å². The Balaban J connectivity index is 1.41. The highest BCUT2D eigenvalue weighted by molar-refractivity contribution is 7.66. The van der Waals surface area contributed by atoms with Crippen molar-refractivity contribution >= 4 is 52.3 Å². The highest BCUT2D eigenvalue weighted by Crippen LogP contribution is 2.66. The molecule has 0 bridgehead atoms. The first-order valence-electron chi connectivity index (χ1n) is 13.0. The predicted octanol–water partition coefficient (Wildman–Crippen LogP) is 1.91. The van der Waals surface area contributed by atoms with Gasteiger partial charge in [-0.15, -0.1) is 0 Å². The number of nitrogens with one attached hydrogen (secondary N) is 1. The number of benzene rings is 2. The summed E-state index contributed by atoms with van der Waals surface area (Å²) in [6.07, 6.45) is -4.11. The van der Waals surface area contributed by atoms with Crippen LogP contribution >= 0.6 is 23.5 Å². The van der Waals surface area contributed by atoms with E-state index in [1.165, 1.54) is 23.0 Å². The monoisotopic (exact) mass is 715 g/mol. The maximum atomic E-state index is 13.0. The average molecular weight is 715 g/mol. The lowest BCUT2D eigenvalue weighted by atomic mass is 10.1. The smallest absolute Gasteiger partial charge is 0.451 e. The third kappa shape index (κ3) is 8.60. The van der Waals surface area contributed by atoms with E-state index in [9.17, 15) is 38.2 Å². The quantitative estimate of drug-likeness (QED) is 0.0902. The van der Waals surface area contributed by atoms with Crippen molar-refractivity contribution in [2.75, 3.05) is 11.9 Å². The Labute approximate surface area is 263 Å². The molecule has 1 aliphatic rings. The number of aromatic nitrogens is 4. The molecule has 0 spiro atoms. The van der Waals surface area contributed by atoms with Crippen molar-refractivity contribution in [2.24, 2.45) is 0 Å². The van der Waals surface area contributed by atoms with Crippen LogP contribution in [0.1, 0.15) is 26.9 Å². The zero-order chi connectivity index (χ0) is 34.0. The van der Waals surface area contributed by atoms with Crippen molar-refractivity contribution in [1.29, 1.82) is 0 Å². The number of amides is 1. The largest absolute Gasteiger partial charge is 0.490 e. The summed E-state index contributed by atoms with van der Waals surface area (Å²) in [5.41, 5.74) is 0.529. The van der Waals surface area contributed by atoms with Crippen LogP contribution in [0.15, 0.2) is 73.3 Å². The van der Waals surface area contributed by atoms with Gasteiger partial charge in [-0.2, -0.15) is 8.62 Å². The summed E-state index contributed by atoms with van der Waals surface area (Å²) >= 11 is 0. The highest BCUT2D eigenvalue weighted by Gasteiger charge is 2.49. The lowest BCUT2D eigenvalue weighted by molar-refractivity contribution is -0.0558. The molecule has 1 fully saturated rings. The molecular formula is C24H24N5O15P3. The lowest BCUT2D eigenvalue weighted by Gasteiger charge is -2.22. The predicted molar refractivity (Wildman–Crippen MR) is 155 cm³/mol. The molecule has 3 heterocycles. The minimum Gasteiger partial charge on any atom is -0.451 e. The normalized spacial score (nSPS) is 22.3. The molecule has 6 N–H and O–H groups in total. The van der Waals surface area contributed by atoms with Crippen LogP contribution in [0.5, 0.6) is 0 Å². The second-order valence-electron chi connectivity index (χ2n) is 9.54. The SMILES string of the molecule is O=C(Nc1ncnc2c1ncn2[C@@H]1O[C@H](COP(=O)(O)OP(=O)(O)OP(=O)(O)O)[C@@H](O)[C@H]1OC(=O)c1ccccc1)c1ccccc1. The van der Waals surface area contributed by atoms with Crippen LogP contribution in [0, 0.1) is 0 Å². The zero-order valence-electron chi connectivity index (χ0n) is 23.4. The number of carbonyl (C=O) groups is 2. The minimum atomic E-state index is -5.82. The molecule has 5 rings (SSSR count). The van der Waals surface area contributed by atoms with Crippen molar-refractivity contribution in [3.8, 4) is 0 Å². The Morgan fingerprint density at radius 3 is 2.15 bits per heavy atom. The number of fused-ring (bicyclic) bond motifs is 1. The molecule has 2 aromatic heterocycles. The number of ether oxygens (including phenoxy) is 2. The number of aliphatic hydroxyl groups is 1. The molecule has 2 aromatic carbocycles. The van der Waals surface area contributed by atoms with Gasteiger partial charge in [0, 0.05) is 5.56 Å². The molecule has 1 amide bonds. The first-order chi connectivity index (χ1) is 22.1. The molecular weight excluding hydrogens is 691 g/mol. The van der Waals surface area contributed by atoms with E-state index >= 15 is 0 Å². The van der Waals surface area contributed by atoms with Crippen LogP contribution in [0.3, 0.4) is 0 Å². The van der Waals surface area contributed by atoms with Crippen LogP contribution in [0.25, 0.3) is 11.2 Å². The fraction of sp³-hybridized carbons (Fsp3) is 0.208. The Morgan fingerprint density at radius 1 is 0.872 bits per heavy atom. The van der Waals surface area contributed by atoms with E-state index in [0.29, 0.717) is 5.56 Å². The van der Waals surface area contributed by atoms with E-state index < -0.39 is 66.5 Å². The Bertz CT molecular complexity index is 1910. The number of phosphoric ester groups is 1. The van der Waals surface area contributed by atoms with Gasteiger partial charge in [0.25, 0.3) is 5.91 Å². The van der Waals surface area contributed by atoms with E-state index in [1.807, 2.05) is 0 Å². The van der Waals surface area contributed by atoms with Crippen LogP contribution < -0.4 is 5.32 Å². The molecule has 20 nitrogen and oxygen atoms in total. The molecule has 4 aromatic rings. The maximum Gasteiger partial charge on any atom is 0.490 e. The Morgan fingerprint density at radius 2 is 1.51 bits per heavy atom. The van der Waals surface area contributed by atoms with Gasteiger partial charge in [-0.05, 0) is 24.3 Å². The molecule has 0 aliphatic carbocycles. The molecule has 1 saturated heterocycles. The van der Waals surface area contributed by atoms with Crippen molar-refractivity contribution in [2.45, 2.75) is 24.5 Å². The molecule has 0 saturated carbocycles. The number of imidazole rings is 1. The Hall–Kier alpha value is -3.74. The number of carbonyl (C=O) groups excluding carboxylic acids is 2. The lowest BCUT2D eigenvalue weighted by Crippen LogP contribution is -2.37. The van der Waals surface area contributed by atoms with E-state index in [4.69, 9.17) is 19.3 Å². The summed E-state index contributed by atoms with van der Waals surface area (Å²) in [5, 5.41) is 13.7. The third-order valence-corrected chi connectivity index (χ3v) is 10.1. The van der Waals surface area contributed by atoms with Crippen LogP contribution in [-0.2, 0) is 36.3 Å². The fourth-order valence-corrected chi connectivity index (χ4v) is 7.37. The van der Waals surface area contributed by atoms with Gasteiger partial charge in [0.05, 0.1) is 18.5 Å². The molecule has 2 unspecified atom stereocenters. The molecule has 250 valence electrons. The number of anilines is 1. The van der Waals surface area contributed by atoms with Crippen molar-refractivity contribution < 1.29 is 70.6 Å². The summed E-state index contributed by atoms with van der Waals surface area (Å²) in [6.45, 7) is -1.05. The summed E-state index contributed by atoms with van der Waals surface area (Å²) in [5.74, 6) is -1.40. The standard InChI is InChI=1S/C24H24N5O15P3/c30-18-16(11-40-46(36,37)44-47(38,39)43-45(33,34)35)41-23(19(18)42-24(32)15-9-5-2-6-10-15)29-13-27-17-20(25-12-26-21(17)29)28-22(31)14-7-3-1-4-8-14/h1-10,12-13,16,18-19,23,30H,11H2,(H,36,37)(H,38,39)(H2,33,34,35)(H,25,26,28,31)/t16-,18-,19-,23-/m1/s1. The van der Waals surface area contributed by atoms with Crippen LogP contribution in [0.2, 0.25) is 0 Å². The third-order valence-electron chi connectivity index (χ3n) is 6.28. The molecule has 23 heteroatoms. The number of aliphatic hydroxyl groups excluding tert-OH is 1. The van der Waals surface area contributed by atoms with E-state index in [0.717, 1.165) is 6.33 Å². The first kappa shape index (κ1) is 34.6. The van der Waals surface area contributed by atoms with Crippen molar-refractivity contribution in [3.05, 3.63) is 84.4 Å². The van der Waals surface area contributed by atoms with E-state index in [2.05, 4.69) is 33.4 Å². The van der Waals surface area contributed by atoms with Crippen molar-refractivity contribution in [1.82, 2.24) is 19.5 Å². The van der Waals surface area contributed by atoms with Crippen LogP contribution in [-0.4, -0.2) is 81.0 Å². The molecule has 0 radical (unpaired) electrons. The number of esters is 1. The molecule has 1 aliphatic heterocycles. The van der Waals surface area contributed by atoms with Crippen LogP contribution in [0.4, 0.5) is 5.82 Å². The van der Waals surface area contributed by atoms with Gasteiger partial charge in [0.15, 0.2) is 29.3 Å². The van der Waals surface area contributed by atoms with E-state index in [-0.39, 0.29) is 22.5 Å². The summed E-state index contributed by atoms with van der Waals surface area (Å²) in [6, 6.07) is 15.9. The second kappa shape index (κ2) is 13.8. The molecule has 47 heavy (non-hydrogen) atoms. The Kier molecular flexibility index (Phi) is 10.1. The molecule has 6 atom stereocenters. The number of rotatable bonds is 12. The van der Waals surface area contributed by atoms with Gasteiger partial charge in [0.2, 0.25) is 0 Å². The summed E-state index contributed by atoms with van der Waals surface area (Å²) in [7, 11) is -17.1. The van der Waals surface area contributed by atoms with Gasteiger partial charge < -0.3 is 39.5 Å². The van der Waals surface area contributed by atoms with Gasteiger partial charge >= 0.3 is 29.4 Å². The maximum absolute atomic E-state index is 13.0. The first-order valence-corrected chi connectivity index (χ1v) is 17.6. The zero-order valence-corrected chi connectivity index (χ0v) is 26.1. The highest BCUT2D eigenvalue weighted by atomic mass is 31.3. The number of hydrogen-bond acceptors (Lipinski definition) is 14. The van der Waals surface area contributed by atoms with Crippen molar-refractivity contribution in [3.63, 3.8) is 0 Å². The van der Waals surface area contributed by atoms with Gasteiger partial charge in [-0.1, -0.05) is 36.4 Å². The summed E-state index contributed by atoms with van der Waals surface area (Å²) < 4.78 is 59.5. The van der Waals surface area contributed by atoms with Gasteiger partial charge in [-0.25, -0.2) is 33.4 Å².